The largest absolute Gasteiger partial charge is 0.311 e. The van der Waals surface area contributed by atoms with Gasteiger partial charge in [-0.3, -0.25) is 4.79 Å². The van der Waals surface area contributed by atoms with E-state index in [-0.39, 0.29) is 5.91 Å². The maximum absolute atomic E-state index is 12.2. The summed E-state index contributed by atoms with van der Waals surface area (Å²) in [7, 11) is 0. The zero-order valence-electron chi connectivity index (χ0n) is 14.2. The average molecular weight is 351 g/mol. The van der Waals surface area contributed by atoms with Crippen LogP contribution in [-0.4, -0.2) is 21.4 Å². The van der Waals surface area contributed by atoms with Gasteiger partial charge in [0.05, 0.1) is 12.7 Å². The third kappa shape index (κ3) is 5.22. The van der Waals surface area contributed by atoms with Gasteiger partial charge in [-0.25, -0.2) is 4.68 Å². The van der Waals surface area contributed by atoms with Gasteiger partial charge in [0.25, 0.3) is 0 Å². The molecule has 3 aromatic rings. The molecule has 0 saturated heterocycles. The lowest BCUT2D eigenvalue weighted by Crippen LogP contribution is -2.16. The number of hydrogen-bond acceptors (Lipinski definition) is 3. The fourth-order valence-electron chi connectivity index (χ4n) is 2.53. The Morgan fingerprint density at radius 3 is 2.76 bits per heavy atom. The highest BCUT2D eigenvalue weighted by molar-refractivity contribution is 7.99. The van der Waals surface area contributed by atoms with Crippen LogP contribution in [0, 0.1) is 6.92 Å². The van der Waals surface area contributed by atoms with Gasteiger partial charge in [-0.1, -0.05) is 48.0 Å². The van der Waals surface area contributed by atoms with Crippen LogP contribution in [0.1, 0.15) is 17.5 Å². The number of carbonyl (C=O) groups excluding carboxylic acids is 1. The standard InChI is InChI=1S/C20H21N3OS/c1-16-6-5-7-17(14-16)15-23-19(10-12-21-23)22-20(24)11-13-25-18-8-3-2-4-9-18/h2-10,12,14H,11,13,15H2,1H3,(H,22,24). The first-order valence-electron chi connectivity index (χ1n) is 8.26. The highest BCUT2D eigenvalue weighted by Crippen LogP contribution is 2.18. The van der Waals surface area contributed by atoms with E-state index in [0.29, 0.717) is 13.0 Å². The monoisotopic (exact) mass is 351 g/mol. The maximum atomic E-state index is 12.2. The topological polar surface area (TPSA) is 46.9 Å². The highest BCUT2D eigenvalue weighted by atomic mass is 32.2. The molecule has 128 valence electrons. The summed E-state index contributed by atoms with van der Waals surface area (Å²) in [6.45, 7) is 2.71. The second kappa shape index (κ2) is 8.53. The zero-order valence-corrected chi connectivity index (χ0v) is 15.0. The van der Waals surface area contributed by atoms with E-state index in [1.807, 2.05) is 35.0 Å². The van der Waals surface area contributed by atoms with E-state index in [9.17, 15) is 4.79 Å². The molecule has 4 nitrogen and oxygen atoms in total. The van der Waals surface area contributed by atoms with Crippen LogP contribution in [0.3, 0.4) is 0 Å². The van der Waals surface area contributed by atoms with Crippen molar-refractivity contribution in [3.8, 4) is 0 Å². The van der Waals surface area contributed by atoms with Crippen LogP contribution in [0.5, 0.6) is 0 Å². The third-order valence-corrected chi connectivity index (χ3v) is 4.75. The smallest absolute Gasteiger partial charge is 0.226 e. The Kier molecular flexibility index (Phi) is 5.90. The molecule has 0 unspecified atom stereocenters. The van der Waals surface area contributed by atoms with Crippen molar-refractivity contribution < 1.29 is 4.79 Å². The van der Waals surface area contributed by atoms with Crippen molar-refractivity contribution in [3.63, 3.8) is 0 Å². The number of nitrogens with zero attached hydrogens (tertiary/aromatic N) is 2. The lowest BCUT2D eigenvalue weighted by Gasteiger charge is -2.09. The summed E-state index contributed by atoms with van der Waals surface area (Å²) in [5.41, 5.74) is 2.38. The van der Waals surface area contributed by atoms with Gasteiger partial charge in [0, 0.05) is 23.1 Å². The van der Waals surface area contributed by atoms with Crippen molar-refractivity contribution in [2.75, 3.05) is 11.1 Å². The Morgan fingerprint density at radius 2 is 1.96 bits per heavy atom. The van der Waals surface area contributed by atoms with Crippen LogP contribution in [0.25, 0.3) is 0 Å². The molecule has 1 amide bonds. The molecule has 0 aliphatic carbocycles. The Labute approximate surface area is 152 Å². The van der Waals surface area contributed by atoms with Crippen molar-refractivity contribution in [3.05, 3.63) is 78.0 Å². The minimum Gasteiger partial charge on any atom is -0.311 e. The molecule has 0 bridgehead atoms. The van der Waals surface area contributed by atoms with E-state index < -0.39 is 0 Å². The number of anilines is 1. The van der Waals surface area contributed by atoms with Crippen LogP contribution < -0.4 is 5.32 Å². The van der Waals surface area contributed by atoms with E-state index in [1.54, 1.807) is 18.0 Å². The molecule has 1 aromatic heterocycles. The van der Waals surface area contributed by atoms with Crippen LogP contribution in [0.4, 0.5) is 5.82 Å². The van der Waals surface area contributed by atoms with E-state index in [4.69, 9.17) is 0 Å². The summed E-state index contributed by atoms with van der Waals surface area (Å²) in [4.78, 5) is 13.4. The summed E-state index contributed by atoms with van der Waals surface area (Å²) in [6.07, 6.45) is 2.18. The van der Waals surface area contributed by atoms with Gasteiger partial charge in [-0.15, -0.1) is 11.8 Å². The van der Waals surface area contributed by atoms with Crippen molar-refractivity contribution in [1.29, 1.82) is 0 Å². The molecule has 5 heteroatoms. The SMILES string of the molecule is Cc1cccc(Cn2nccc2NC(=O)CCSc2ccccc2)c1. The van der Waals surface area contributed by atoms with Gasteiger partial charge in [0.15, 0.2) is 0 Å². The first-order chi connectivity index (χ1) is 12.2. The predicted molar refractivity (Wildman–Crippen MR) is 103 cm³/mol. The van der Waals surface area contributed by atoms with Gasteiger partial charge in [-0.2, -0.15) is 5.10 Å². The zero-order chi connectivity index (χ0) is 17.5. The lowest BCUT2D eigenvalue weighted by atomic mass is 10.1. The number of thioether (sulfide) groups is 1. The Balaban J connectivity index is 1.53. The first kappa shape index (κ1) is 17.3. The summed E-state index contributed by atoms with van der Waals surface area (Å²) in [5.74, 6) is 1.49. The molecule has 25 heavy (non-hydrogen) atoms. The normalized spacial score (nSPS) is 10.6. The Bertz CT molecular complexity index is 830. The molecule has 0 atom stereocenters. The van der Waals surface area contributed by atoms with Crippen molar-refractivity contribution in [1.82, 2.24) is 9.78 Å². The summed E-state index contributed by atoms with van der Waals surface area (Å²) < 4.78 is 1.82. The lowest BCUT2D eigenvalue weighted by molar-refractivity contribution is -0.115. The molecule has 0 fully saturated rings. The third-order valence-electron chi connectivity index (χ3n) is 3.74. The van der Waals surface area contributed by atoms with E-state index in [2.05, 4.69) is 47.7 Å². The molecule has 2 aromatic carbocycles. The van der Waals surface area contributed by atoms with Crippen LogP contribution >= 0.6 is 11.8 Å². The Morgan fingerprint density at radius 1 is 1.12 bits per heavy atom. The molecule has 3 rings (SSSR count). The maximum Gasteiger partial charge on any atom is 0.226 e. The molecular formula is C20H21N3OS. The van der Waals surface area contributed by atoms with Gasteiger partial charge >= 0.3 is 0 Å². The number of hydrogen-bond donors (Lipinski definition) is 1. The van der Waals surface area contributed by atoms with Crippen molar-refractivity contribution in [2.45, 2.75) is 24.8 Å². The van der Waals surface area contributed by atoms with Gasteiger partial charge < -0.3 is 5.32 Å². The number of aromatic nitrogens is 2. The van der Waals surface area contributed by atoms with E-state index in [0.717, 1.165) is 11.6 Å². The van der Waals surface area contributed by atoms with E-state index >= 15 is 0 Å². The van der Waals surface area contributed by atoms with Crippen molar-refractivity contribution in [2.24, 2.45) is 0 Å². The molecule has 0 radical (unpaired) electrons. The predicted octanol–water partition coefficient (Wildman–Crippen LogP) is 4.36. The number of amides is 1. The Hall–Kier alpha value is -2.53. The van der Waals surface area contributed by atoms with Gasteiger partial charge in [0.1, 0.15) is 5.82 Å². The van der Waals surface area contributed by atoms with Gasteiger partial charge in [0.2, 0.25) is 5.91 Å². The van der Waals surface area contributed by atoms with Gasteiger partial charge in [-0.05, 0) is 24.6 Å². The molecule has 0 saturated carbocycles. The number of benzene rings is 2. The molecule has 0 spiro atoms. The molecule has 1 N–H and O–H groups in total. The fraction of sp³-hybridized carbons (Fsp3) is 0.200. The van der Waals surface area contributed by atoms with E-state index in [1.165, 1.54) is 16.0 Å². The molecule has 0 aliphatic rings. The quantitative estimate of drug-likeness (QED) is 0.643. The number of rotatable bonds is 7. The highest BCUT2D eigenvalue weighted by Gasteiger charge is 2.08. The minimum absolute atomic E-state index is 0.00873. The number of nitrogens with one attached hydrogen (secondary N) is 1. The fourth-order valence-corrected chi connectivity index (χ4v) is 3.40. The van der Waals surface area contributed by atoms with Crippen LogP contribution in [0.15, 0.2) is 71.8 Å². The second-order valence-corrected chi connectivity index (χ2v) is 6.99. The van der Waals surface area contributed by atoms with Crippen molar-refractivity contribution >= 4 is 23.5 Å². The number of aryl methyl sites for hydroxylation is 1. The average Bonchev–Trinajstić information content (AvgIpc) is 3.02. The summed E-state index contributed by atoms with van der Waals surface area (Å²) in [5, 5.41) is 7.28. The van der Waals surface area contributed by atoms with Crippen LogP contribution in [-0.2, 0) is 11.3 Å². The molecular weight excluding hydrogens is 330 g/mol. The molecule has 0 aliphatic heterocycles. The minimum atomic E-state index is 0.00873. The summed E-state index contributed by atoms with van der Waals surface area (Å²) >= 11 is 1.69. The first-order valence-corrected chi connectivity index (χ1v) is 9.24. The summed E-state index contributed by atoms with van der Waals surface area (Å²) in [6, 6.07) is 20.2. The molecule has 1 heterocycles. The number of carbonyl (C=O) groups is 1. The van der Waals surface area contributed by atoms with Crippen LogP contribution in [0.2, 0.25) is 0 Å². The second-order valence-electron chi connectivity index (χ2n) is 5.82.